The standard InChI is InChI=1S/C4H8N4O2/c9-7-3-4(8-10)6-2-1-5-3/h9-10H,1-2H2,(H,5,7)(H,6,8). The van der Waals surface area contributed by atoms with Crippen LogP contribution in [0.3, 0.4) is 0 Å². The van der Waals surface area contributed by atoms with E-state index in [-0.39, 0.29) is 11.7 Å². The van der Waals surface area contributed by atoms with Gasteiger partial charge >= 0.3 is 0 Å². The first kappa shape index (κ1) is 6.97. The van der Waals surface area contributed by atoms with Crippen LogP contribution in [0.15, 0.2) is 9.98 Å². The van der Waals surface area contributed by atoms with Crippen molar-refractivity contribution in [3.05, 3.63) is 0 Å². The van der Waals surface area contributed by atoms with Gasteiger partial charge in [0, 0.05) is 0 Å². The number of hydroxylamine groups is 2. The van der Waals surface area contributed by atoms with Gasteiger partial charge in [-0.2, -0.15) is 0 Å². The SMILES string of the molecule is ONC1=NCCN=C1NO. The minimum Gasteiger partial charge on any atom is -0.290 e. The highest BCUT2D eigenvalue weighted by Gasteiger charge is 2.09. The molecule has 0 radical (unpaired) electrons. The van der Waals surface area contributed by atoms with E-state index in [4.69, 9.17) is 10.4 Å². The Morgan fingerprint density at radius 1 is 1.00 bits per heavy atom. The van der Waals surface area contributed by atoms with Gasteiger partial charge in [-0.15, -0.1) is 0 Å². The summed E-state index contributed by atoms with van der Waals surface area (Å²) in [5, 5.41) is 16.8. The molecule has 1 aliphatic heterocycles. The second-order valence-electron chi connectivity index (χ2n) is 1.68. The molecule has 6 nitrogen and oxygen atoms in total. The molecule has 0 unspecified atom stereocenters. The van der Waals surface area contributed by atoms with E-state index in [0.717, 1.165) is 0 Å². The number of nitrogens with zero attached hydrogens (tertiary/aromatic N) is 2. The van der Waals surface area contributed by atoms with E-state index in [2.05, 4.69) is 9.98 Å². The Bertz CT molecular complexity index is 156. The van der Waals surface area contributed by atoms with Crippen molar-refractivity contribution in [3.8, 4) is 0 Å². The van der Waals surface area contributed by atoms with Crippen LogP contribution >= 0.6 is 0 Å². The Morgan fingerprint density at radius 3 is 1.70 bits per heavy atom. The summed E-state index contributed by atoms with van der Waals surface area (Å²) in [5.74, 6) is 0.322. The lowest BCUT2D eigenvalue weighted by Gasteiger charge is -2.10. The van der Waals surface area contributed by atoms with Gasteiger partial charge in [-0.05, 0) is 0 Å². The molecule has 6 heteroatoms. The highest BCUT2D eigenvalue weighted by atomic mass is 16.5. The third-order valence-electron chi connectivity index (χ3n) is 1.08. The summed E-state index contributed by atoms with van der Waals surface area (Å²) in [6, 6.07) is 0. The summed E-state index contributed by atoms with van der Waals surface area (Å²) >= 11 is 0. The molecule has 56 valence electrons. The molecule has 0 spiro atoms. The van der Waals surface area contributed by atoms with Gasteiger partial charge < -0.3 is 0 Å². The normalized spacial score (nSPS) is 17.4. The largest absolute Gasteiger partial charge is 0.290 e. The van der Waals surface area contributed by atoms with Crippen LogP contribution in [0.4, 0.5) is 0 Å². The minimum atomic E-state index is 0.161. The van der Waals surface area contributed by atoms with Gasteiger partial charge in [0.1, 0.15) is 0 Å². The molecule has 0 amide bonds. The van der Waals surface area contributed by atoms with E-state index in [1.165, 1.54) is 0 Å². The summed E-state index contributed by atoms with van der Waals surface area (Å²) in [5.41, 5.74) is 3.60. The summed E-state index contributed by atoms with van der Waals surface area (Å²) in [7, 11) is 0. The summed E-state index contributed by atoms with van der Waals surface area (Å²) < 4.78 is 0. The van der Waals surface area contributed by atoms with Crippen LogP contribution < -0.4 is 11.0 Å². The molecule has 0 aromatic heterocycles. The average Bonchev–Trinajstić information content (AvgIpc) is 2.04. The first-order chi connectivity index (χ1) is 4.88. The van der Waals surface area contributed by atoms with Crippen molar-refractivity contribution < 1.29 is 10.4 Å². The lowest BCUT2D eigenvalue weighted by atomic mass is 10.4. The van der Waals surface area contributed by atoms with E-state index < -0.39 is 0 Å². The van der Waals surface area contributed by atoms with E-state index in [1.54, 1.807) is 11.0 Å². The third-order valence-corrected chi connectivity index (χ3v) is 1.08. The van der Waals surface area contributed by atoms with Crippen LogP contribution in [-0.2, 0) is 0 Å². The van der Waals surface area contributed by atoms with Crippen molar-refractivity contribution in [2.24, 2.45) is 9.98 Å². The molecule has 1 heterocycles. The number of aliphatic imine (C=N–C) groups is 2. The van der Waals surface area contributed by atoms with Gasteiger partial charge in [-0.1, -0.05) is 0 Å². The average molecular weight is 144 g/mol. The molecular formula is C4H8N4O2. The molecule has 0 saturated heterocycles. The zero-order chi connectivity index (χ0) is 7.40. The van der Waals surface area contributed by atoms with Gasteiger partial charge in [0.05, 0.1) is 13.1 Å². The predicted molar refractivity (Wildman–Crippen MR) is 34.4 cm³/mol. The van der Waals surface area contributed by atoms with Crippen molar-refractivity contribution in [2.45, 2.75) is 0 Å². The number of nitrogens with one attached hydrogen (secondary N) is 2. The molecule has 0 atom stereocenters. The van der Waals surface area contributed by atoms with Crippen LogP contribution in [0.5, 0.6) is 0 Å². The number of hydrogen-bond donors (Lipinski definition) is 4. The van der Waals surface area contributed by atoms with Crippen molar-refractivity contribution in [2.75, 3.05) is 13.1 Å². The molecule has 1 rings (SSSR count). The highest BCUT2D eigenvalue weighted by Crippen LogP contribution is 1.87. The Balaban J connectivity index is 2.67. The number of rotatable bonds is 0. The lowest BCUT2D eigenvalue weighted by Crippen LogP contribution is -2.39. The predicted octanol–water partition coefficient (Wildman–Crippen LogP) is -1.25. The molecule has 10 heavy (non-hydrogen) atoms. The molecule has 1 aliphatic rings. The zero-order valence-corrected chi connectivity index (χ0v) is 5.20. The fourth-order valence-corrected chi connectivity index (χ4v) is 0.650. The van der Waals surface area contributed by atoms with Crippen LogP contribution in [0.2, 0.25) is 0 Å². The van der Waals surface area contributed by atoms with E-state index in [9.17, 15) is 0 Å². The maximum atomic E-state index is 8.38. The Labute approximate surface area is 57.2 Å². The van der Waals surface area contributed by atoms with Crippen molar-refractivity contribution >= 4 is 11.7 Å². The molecule has 0 aromatic rings. The topological polar surface area (TPSA) is 89.2 Å². The molecule has 4 N–H and O–H groups in total. The summed E-state index contributed by atoms with van der Waals surface area (Å²) in [4.78, 5) is 7.60. The van der Waals surface area contributed by atoms with Crippen LogP contribution in [0.25, 0.3) is 0 Å². The van der Waals surface area contributed by atoms with Gasteiger partial charge in [0.25, 0.3) is 0 Å². The monoisotopic (exact) mass is 144 g/mol. The highest BCUT2D eigenvalue weighted by molar-refractivity contribution is 6.40. The molecule has 0 fully saturated rings. The molecular weight excluding hydrogens is 136 g/mol. The second-order valence-corrected chi connectivity index (χ2v) is 1.68. The van der Waals surface area contributed by atoms with E-state index >= 15 is 0 Å². The second kappa shape index (κ2) is 3.14. The first-order valence-electron chi connectivity index (χ1n) is 2.78. The molecule has 0 saturated carbocycles. The molecule has 0 aliphatic carbocycles. The summed E-state index contributed by atoms with van der Waals surface area (Å²) in [6.45, 7) is 1.04. The fourth-order valence-electron chi connectivity index (χ4n) is 0.650. The molecule has 0 aromatic carbocycles. The van der Waals surface area contributed by atoms with Gasteiger partial charge in [0.2, 0.25) is 0 Å². The molecule has 0 bridgehead atoms. The first-order valence-corrected chi connectivity index (χ1v) is 2.78. The number of hydrogen-bond acceptors (Lipinski definition) is 6. The smallest absolute Gasteiger partial charge is 0.190 e. The van der Waals surface area contributed by atoms with Crippen LogP contribution in [-0.4, -0.2) is 35.2 Å². The van der Waals surface area contributed by atoms with Crippen LogP contribution in [0.1, 0.15) is 0 Å². The van der Waals surface area contributed by atoms with Gasteiger partial charge in [0.15, 0.2) is 11.7 Å². The van der Waals surface area contributed by atoms with Crippen molar-refractivity contribution in [1.82, 2.24) is 11.0 Å². The van der Waals surface area contributed by atoms with Crippen molar-refractivity contribution in [3.63, 3.8) is 0 Å². The Hall–Kier alpha value is -1.14. The lowest BCUT2D eigenvalue weighted by molar-refractivity contribution is 0.222. The fraction of sp³-hybridized carbons (Fsp3) is 0.500. The quantitative estimate of drug-likeness (QED) is 0.320. The van der Waals surface area contributed by atoms with Gasteiger partial charge in [-0.3, -0.25) is 20.4 Å². The summed E-state index contributed by atoms with van der Waals surface area (Å²) in [6.07, 6.45) is 0. The minimum absolute atomic E-state index is 0.161. The number of amidine groups is 2. The maximum Gasteiger partial charge on any atom is 0.190 e. The third kappa shape index (κ3) is 1.23. The van der Waals surface area contributed by atoms with Crippen molar-refractivity contribution in [1.29, 1.82) is 0 Å². The van der Waals surface area contributed by atoms with Crippen LogP contribution in [0, 0.1) is 0 Å². The van der Waals surface area contributed by atoms with E-state index in [0.29, 0.717) is 13.1 Å². The Kier molecular flexibility index (Phi) is 2.19. The zero-order valence-electron chi connectivity index (χ0n) is 5.20. The van der Waals surface area contributed by atoms with E-state index in [1.807, 2.05) is 0 Å². The van der Waals surface area contributed by atoms with Gasteiger partial charge in [-0.25, -0.2) is 11.0 Å². The Morgan fingerprint density at radius 2 is 1.40 bits per heavy atom. The maximum absolute atomic E-state index is 8.38.